The minimum absolute atomic E-state index is 0.121. The summed E-state index contributed by atoms with van der Waals surface area (Å²) in [5.74, 6) is -1.25. The van der Waals surface area contributed by atoms with Crippen LogP contribution in [0.1, 0.15) is 18.4 Å². The molecule has 0 spiro atoms. The molecule has 1 aromatic carbocycles. The monoisotopic (exact) mass is 394 g/mol. The second kappa shape index (κ2) is 7.80. The van der Waals surface area contributed by atoms with Crippen LogP contribution in [0.5, 0.6) is 6.01 Å². The van der Waals surface area contributed by atoms with Gasteiger partial charge in [-0.15, -0.1) is 0 Å². The Kier molecular flexibility index (Phi) is 5.45. The van der Waals surface area contributed by atoms with E-state index in [0.717, 1.165) is 4.90 Å². The van der Waals surface area contributed by atoms with Gasteiger partial charge in [0.1, 0.15) is 24.7 Å². The fraction of sp³-hybridized carbons (Fsp3) is 0.412. The van der Waals surface area contributed by atoms with E-state index in [2.05, 4.69) is 4.98 Å². The zero-order valence-electron chi connectivity index (χ0n) is 15.2. The Bertz CT molecular complexity index is 902. The molecule has 0 saturated heterocycles. The third-order valence-electron chi connectivity index (χ3n) is 4.39. The van der Waals surface area contributed by atoms with Crippen LogP contribution in [-0.2, 0) is 11.3 Å². The molecule has 0 saturated carbocycles. The number of aromatic nitrogens is 2. The number of rotatable bonds is 5. The molecule has 10 nitrogen and oxygen atoms in total. The van der Waals surface area contributed by atoms with Crippen LogP contribution in [0.3, 0.4) is 0 Å². The molecule has 11 heteroatoms. The first kappa shape index (κ1) is 19.5. The Balaban J connectivity index is 1.75. The zero-order chi connectivity index (χ0) is 20.4. The van der Waals surface area contributed by atoms with Gasteiger partial charge < -0.3 is 24.7 Å². The maximum atomic E-state index is 14.7. The number of carbonyl (C=O) groups excluding carboxylic acids is 1. The zero-order valence-corrected chi connectivity index (χ0v) is 15.2. The summed E-state index contributed by atoms with van der Waals surface area (Å²) < 4.78 is 26.6. The van der Waals surface area contributed by atoms with Crippen LogP contribution in [0.15, 0.2) is 24.4 Å². The number of aliphatic hydroxyl groups excluding tert-OH is 1. The van der Waals surface area contributed by atoms with Crippen molar-refractivity contribution in [2.45, 2.75) is 25.5 Å². The standard InChI is InChI=1S/C17H19FN4O6/c1-10(8-23)28-17(24)20(2)12-3-4-13(14(18)5-12)11-6-21-7-15(22(25)26)19-16(21)27-9-11/h3-5,7,10-11,23H,6,8-9H2,1-2H3. The number of nitro groups is 1. The van der Waals surface area contributed by atoms with Gasteiger partial charge in [-0.05, 0) is 29.5 Å². The Labute approximate surface area is 159 Å². The minimum Gasteiger partial charge on any atom is -0.445 e. The summed E-state index contributed by atoms with van der Waals surface area (Å²) in [5, 5.41) is 19.8. The predicted molar refractivity (Wildman–Crippen MR) is 94.9 cm³/mol. The number of hydrogen-bond acceptors (Lipinski definition) is 7. The van der Waals surface area contributed by atoms with Gasteiger partial charge in [0.25, 0.3) is 0 Å². The molecule has 1 N–H and O–H groups in total. The van der Waals surface area contributed by atoms with E-state index in [1.54, 1.807) is 6.07 Å². The second-order valence-electron chi connectivity index (χ2n) is 6.44. The molecule has 1 amide bonds. The van der Waals surface area contributed by atoms with Crippen LogP contribution in [0, 0.1) is 15.9 Å². The van der Waals surface area contributed by atoms with E-state index in [0.29, 0.717) is 5.56 Å². The van der Waals surface area contributed by atoms with Gasteiger partial charge in [-0.25, -0.2) is 9.18 Å². The molecule has 1 aliphatic rings. The van der Waals surface area contributed by atoms with Gasteiger partial charge >= 0.3 is 17.9 Å². The normalized spacial score (nSPS) is 16.6. The lowest BCUT2D eigenvalue weighted by molar-refractivity contribution is -0.389. The smallest absolute Gasteiger partial charge is 0.414 e. The fourth-order valence-corrected chi connectivity index (χ4v) is 2.82. The molecule has 1 aromatic heterocycles. The third kappa shape index (κ3) is 3.88. The number of benzene rings is 1. The van der Waals surface area contributed by atoms with Crippen LogP contribution < -0.4 is 9.64 Å². The molecule has 0 fully saturated rings. The van der Waals surface area contributed by atoms with Crippen molar-refractivity contribution in [3.05, 3.63) is 45.9 Å². The van der Waals surface area contributed by atoms with Crippen molar-refractivity contribution in [3.63, 3.8) is 0 Å². The lowest BCUT2D eigenvalue weighted by Gasteiger charge is -2.24. The van der Waals surface area contributed by atoms with E-state index in [1.165, 1.54) is 36.9 Å². The summed E-state index contributed by atoms with van der Waals surface area (Å²) in [6.45, 7) is 1.62. The lowest BCUT2D eigenvalue weighted by atomic mass is 9.98. The summed E-state index contributed by atoms with van der Waals surface area (Å²) in [5.41, 5.74) is 0.642. The maximum absolute atomic E-state index is 14.7. The van der Waals surface area contributed by atoms with E-state index in [9.17, 15) is 19.3 Å². The van der Waals surface area contributed by atoms with E-state index < -0.39 is 22.9 Å². The molecule has 3 rings (SSSR count). The first-order valence-electron chi connectivity index (χ1n) is 8.49. The molecule has 28 heavy (non-hydrogen) atoms. The highest BCUT2D eigenvalue weighted by Gasteiger charge is 2.30. The fourth-order valence-electron chi connectivity index (χ4n) is 2.82. The second-order valence-corrected chi connectivity index (χ2v) is 6.44. The van der Waals surface area contributed by atoms with Crippen molar-refractivity contribution in [2.24, 2.45) is 0 Å². The number of nitrogens with zero attached hydrogens (tertiary/aromatic N) is 4. The number of hydrogen-bond donors (Lipinski definition) is 1. The molecule has 0 radical (unpaired) electrons. The molecule has 2 aromatic rings. The first-order valence-corrected chi connectivity index (χ1v) is 8.49. The Hall–Kier alpha value is -3.21. The first-order chi connectivity index (χ1) is 13.3. The average Bonchev–Trinajstić information content (AvgIpc) is 3.10. The lowest BCUT2D eigenvalue weighted by Crippen LogP contribution is -2.31. The highest BCUT2D eigenvalue weighted by molar-refractivity contribution is 5.87. The van der Waals surface area contributed by atoms with E-state index in [4.69, 9.17) is 14.6 Å². The Morgan fingerprint density at radius 1 is 1.61 bits per heavy atom. The number of halogens is 1. The van der Waals surface area contributed by atoms with E-state index in [1.807, 2.05) is 0 Å². The summed E-state index contributed by atoms with van der Waals surface area (Å²) in [6, 6.07) is 4.43. The highest BCUT2D eigenvalue weighted by atomic mass is 19.1. The SMILES string of the molecule is CC(CO)OC(=O)N(C)c1ccc(C2COc3nc([N+](=O)[O-])cn3C2)c(F)c1. The van der Waals surface area contributed by atoms with Crippen LogP contribution in [-0.4, -0.2) is 52.0 Å². The quantitative estimate of drug-likeness (QED) is 0.609. The molecule has 1 aliphatic heterocycles. The predicted octanol–water partition coefficient (Wildman–Crippen LogP) is 2.06. The van der Waals surface area contributed by atoms with Crippen molar-refractivity contribution in [1.82, 2.24) is 9.55 Å². The van der Waals surface area contributed by atoms with E-state index in [-0.39, 0.29) is 43.2 Å². The number of carbonyl (C=O) groups is 1. The number of aliphatic hydroxyl groups is 1. The summed E-state index contributed by atoms with van der Waals surface area (Å²) in [7, 11) is 1.43. The summed E-state index contributed by atoms with van der Waals surface area (Å²) in [6.07, 6.45) is -0.142. The molecule has 2 atom stereocenters. The number of amides is 1. The number of ether oxygens (including phenoxy) is 2. The number of anilines is 1. The van der Waals surface area contributed by atoms with Gasteiger partial charge in [0.05, 0.1) is 6.61 Å². The molecule has 0 aliphatic carbocycles. The van der Waals surface area contributed by atoms with Crippen LogP contribution in [0.25, 0.3) is 0 Å². The minimum atomic E-state index is -0.718. The Morgan fingerprint density at radius 2 is 2.36 bits per heavy atom. The van der Waals surface area contributed by atoms with Gasteiger partial charge in [0, 0.05) is 30.2 Å². The van der Waals surface area contributed by atoms with Gasteiger partial charge in [-0.3, -0.25) is 9.47 Å². The molecular formula is C17H19FN4O6. The summed E-state index contributed by atoms with van der Waals surface area (Å²) >= 11 is 0. The molecular weight excluding hydrogens is 375 g/mol. The van der Waals surface area contributed by atoms with Gasteiger partial charge in [0.2, 0.25) is 0 Å². The van der Waals surface area contributed by atoms with Crippen LogP contribution in [0.4, 0.5) is 20.7 Å². The van der Waals surface area contributed by atoms with E-state index >= 15 is 0 Å². The molecule has 150 valence electrons. The van der Waals surface area contributed by atoms with Crippen LogP contribution in [0.2, 0.25) is 0 Å². The molecule has 2 unspecified atom stereocenters. The topological polar surface area (TPSA) is 120 Å². The maximum Gasteiger partial charge on any atom is 0.414 e. The molecule has 0 bridgehead atoms. The van der Waals surface area contributed by atoms with Crippen molar-refractivity contribution in [3.8, 4) is 6.01 Å². The molecule has 2 heterocycles. The van der Waals surface area contributed by atoms with Crippen LogP contribution >= 0.6 is 0 Å². The largest absolute Gasteiger partial charge is 0.445 e. The van der Waals surface area contributed by atoms with Crippen molar-refractivity contribution in [1.29, 1.82) is 0 Å². The summed E-state index contributed by atoms with van der Waals surface area (Å²) in [4.78, 5) is 27.1. The highest BCUT2D eigenvalue weighted by Crippen LogP contribution is 2.31. The van der Waals surface area contributed by atoms with Gasteiger partial charge in [-0.2, -0.15) is 0 Å². The number of fused-ring (bicyclic) bond motifs is 1. The average molecular weight is 394 g/mol. The third-order valence-corrected chi connectivity index (χ3v) is 4.39. The van der Waals surface area contributed by atoms with Crippen molar-refractivity contribution >= 4 is 17.6 Å². The Morgan fingerprint density at radius 3 is 3.00 bits per heavy atom. The number of imidazole rings is 1. The van der Waals surface area contributed by atoms with Gasteiger partial charge in [-0.1, -0.05) is 6.07 Å². The van der Waals surface area contributed by atoms with Crippen molar-refractivity contribution < 1.29 is 28.7 Å². The van der Waals surface area contributed by atoms with Gasteiger partial charge in [0.15, 0.2) is 0 Å². The van der Waals surface area contributed by atoms with Crippen molar-refractivity contribution in [2.75, 3.05) is 25.2 Å².